The third kappa shape index (κ3) is 2.44. The average Bonchev–Trinajstić information content (AvgIpc) is 2.31. The van der Waals surface area contributed by atoms with Crippen LogP contribution >= 0.6 is 11.6 Å². The van der Waals surface area contributed by atoms with E-state index in [9.17, 15) is 0 Å². The van der Waals surface area contributed by atoms with Crippen LogP contribution in [0.1, 0.15) is 24.3 Å². The SMILES string of the molecule is COc1ccc(Cl)c([C@H]2CCCNC2)c1. The van der Waals surface area contributed by atoms with E-state index in [1.807, 2.05) is 12.1 Å². The number of halogens is 1. The second-order valence-corrected chi connectivity index (χ2v) is 4.34. The zero-order chi connectivity index (χ0) is 10.7. The second-order valence-electron chi connectivity index (χ2n) is 3.93. The number of hydrogen-bond donors (Lipinski definition) is 1. The first-order chi connectivity index (χ1) is 7.31. The molecular formula is C12H16ClNO. The zero-order valence-corrected chi connectivity index (χ0v) is 9.68. The van der Waals surface area contributed by atoms with Crippen molar-refractivity contribution < 1.29 is 4.74 Å². The summed E-state index contributed by atoms with van der Waals surface area (Å²) in [6.07, 6.45) is 2.43. The Labute approximate surface area is 95.6 Å². The van der Waals surface area contributed by atoms with Crippen LogP contribution in [0.15, 0.2) is 18.2 Å². The van der Waals surface area contributed by atoms with Gasteiger partial charge in [-0.1, -0.05) is 11.6 Å². The lowest BCUT2D eigenvalue weighted by atomic mass is 9.91. The number of piperidine rings is 1. The Morgan fingerprint density at radius 1 is 1.47 bits per heavy atom. The van der Waals surface area contributed by atoms with E-state index in [1.54, 1.807) is 7.11 Å². The topological polar surface area (TPSA) is 21.3 Å². The largest absolute Gasteiger partial charge is 0.497 e. The highest BCUT2D eigenvalue weighted by molar-refractivity contribution is 6.31. The van der Waals surface area contributed by atoms with Crippen molar-refractivity contribution in [3.05, 3.63) is 28.8 Å². The van der Waals surface area contributed by atoms with Gasteiger partial charge in [-0.15, -0.1) is 0 Å². The van der Waals surface area contributed by atoms with E-state index in [4.69, 9.17) is 16.3 Å². The van der Waals surface area contributed by atoms with Crippen molar-refractivity contribution >= 4 is 11.6 Å². The van der Waals surface area contributed by atoms with Gasteiger partial charge in [-0.05, 0) is 49.1 Å². The van der Waals surface area contributed by atoms with Gasteiger partial charge in [0.05, 0.1) is 7.11 Å². The second kappa shape index (κ2) is 4.86. The van der Waals surface area contributed by atoms with Gasteiger partial charge in [-0.2, -0.15) is 0 Å². The lowest BCUT2D eigenvalue weighted by Crippen LogP contribution is -2.28. The van der Waals surface area contributed by atoms with E-state index in [-0.39, 0.29) is 0 Å². The van der Waals surface area contributed by atoms with Gasteiger partial charge in [0.15, 0.2) is 0 Å². The van der Waals surface area contributed by atoms with Crippen LogP contribution in [0.3, 0.4) is 0 Å². The highest BCUT2D eigenvalue weighted by Gasteiger charge is 2.18. The Hall–Kier alpha value is -0.730. The fourth-order valence-electron chi connectivity index (χ4n) is 2.08. The van der Waals surface area contributed by atoms with Gasteiger partial charge >= 0.3 is 0 Å². The molecule has 1 atom stereocenters. The maximum Gasteiger partial charge on any atom is 0.119 e. The molecule has 1 N–H and O–H groups in total. The molecule has 1 aliphatic heterocycles. The van der Waals surface area contributed by atoms with E-state index in [2.05, 4.69) is 11.4 Å². The molecule has 3 heteroatoms. The van der Waals surface area contributed by atoms with Crippen molar-refractivity contribution in [2.75, 3.05) is 20.2 Å². The van der Waals surface area contributed by atoms with E-state index in [0.29, 0.717) is 5.92 Å². The number of hydrogen-bond acceptors (Lipinski definition) is 2. The molecule has 0 amide bonds. The van der Waals surface area contributed by atoms with Crippen molar-refractivity contribution in [1.29, 1.82) is 0 Å². The van der Waals surface area contributed by atoms with Crippen molar-refractivity contribution in [3.8, 4) is 5.75 Å². The fraction of sp³-hybridized carbons (Fsp3) is 0.500. The Morgan fingerprint density at radius 2 is 2.33 bits per heavy atom. The first-order valence-corrected chi connectivity index (χ1v) is 5.73. The third-order valence-corrected chi connectivity index (χ3v) is 3.28. The minimum absolute atomic E-state index is 0.529. The number of ether oxygens (including phenoxy) is 1. The Morgan fingerprint density at radius 3 is 3.00 bits per heavy atom. The average molecular weight is 226 g/mol. The molecule has 2 rings (SSSR count). The van der Waals surface area contributed by atoms with Gasteiger partial charge in [0, 0.05) is 11.6 Å². The third-order valence-electron chi connectivity index (χ3n) is 2.94. The van der Waals surface area contributed by atoms with E-state index in [0.717, 1.165) is 23.9 Å². The van der Waals surface area contributed by atoms with Gasteiger partial charge in [-0.3, -0.25) is 0 Å². The van der Waals surface area contributed by atoms with Crippen LogP contribution in [-0.2, 0) is 0 Å². The smallest absolute Gasteiger partial charge is 0.119 e. The molecule has 1 aromatic carbocycles. The predicted molar refractivity (Wildman–Crippen MR) is 62.8 cm³/mol. The number of benzene rings is 1. The first kappa shape index (κ1) is 10.8. The maximum atomic E-state index is 6.20. The van der Waals surface area contributed by atoms with Crippen LogP contribution < -0.4 is 10.1 Å². The molecule has 82 valence electrons. The van der Waals surface area contributed by atoms with Gasteiger partial charge < -0.3 is 10.1 Å². The molecule has 0 unspecified atom stereocenters. The van der Waals surface area contributed by atoms with Gasteiger partial charge in [0.1, 0.15) is 5.75 Å². The molecule has 0 radical (unpaired) electrons. The van der Waals surface area contributed by atoms with Crippen LogP contribution in [0.5, 0.6) is 5.75 Å². The van der Waals surface area contributed by atoms with Crippen LogP contribution in [0.4, 0.5) is 0 Å². The number of nitrogens with one attached hydrogen (secondary N) is 1. The van der Waals surface area contributed by atoms with E-state index in [1.165, 1.54) is 18.4 Å². The number of methoxy groups -OCH3 is 1. The normalized spacial score (nSPS) is 21.3. The Kier molecular flexibility index (Phi) is 3.49. The van der Waals surface area contributed by atoms with Crippen molar-refractivity contribution in [2.24, 2.45) is 0 Å². The minimum atomic E-state index is 0.529. The molecule has 0 bridgehead atoms. The predicted octanol–water partition coefficient (Wildman–Crippen LogP) is 2.82. The lowest BCUT2D eigenvalue weighted by Gasteiger charge is -2.24. The standard InChI is InChI=1S/C12H16ClNO/c1-15-10-4-5-12(13)11(7-10)9-3-2-6-14-8-9/h4-5,7,9,14H,2-3,6,8H2,1H3/t9-/m0/s1. The fourth-order valence-corrected chi connectivity index (χ4v) is 2.35. The molecule has 15 heavy (non-hydrogen) atoms. The monoisotopic (exact) mass is 225 g/mol. The Bertz CT molecular complexity index is 334. The summed E-state index contributed by atoms with van der Waals surface area (Å²) in [4.78, 5) is 0. The highest BCUT2D eigenvalue weighted by atomic mass is 35.5. The lowest BCUT2D eigenvalue weighted by molar-refractivity contribution is 0.411. The quantitative estimate of drug-likeness (QED) is 0.836. The number of rotatable bonds is 2. The van der Waals surface area contributed by atoms with E-state index < -0.39 is 0 Å². The molecule has 1 heterocycles. The summed E-state index contributed by atoms with van der Waals surface area (Å²) in [7, 11) is 1.69. The summed E-state index contributed by atoms with van der Waals surface area (Å²) >= 11 is 6.20. The molecular weight excluding hydrogens is 210 g/mol. The minimum Gasteiger partial charge on any atom is -0.497 e. The van der Waals surface area contributed by atoms with Crippen LogP contribution in [0.25, 0.3) is 0 Å². The molecule has 0 aliphatic carbocycles. The summed E-state index contributed by atoms with van der Waals surface area (Å²) < 4.78 is 5.22. The molecule has 1 aliphatic rings. The molecule has 0 spiro atoms. The van der Waals surface area contributed by atoms with Crippen LogP contribution in [0, 0.1) is 0 Å². The summed E-state index contributed by atoms with van der Waals surface area (Å²) in [5.41, 5.74) is 1.21. The maximum absolute atomic E-state index is 6.20. The molecule has 1 aromatic rings. The summed E-state index contributed by atoms with van der Waals surface area (Å²) in [5, 5.41) is 4.25. The van der Waals surface area contributed by atoms with Crippen molar-refractivity contribution in [1.82, 2.24) is 5.32 Å². The summed E-state index contributed by atoms with van der Waals surface area (Å²) in [5.74, 6) is 1.42. The van der Waals surface area contributed by atoms with Gasteiger partial charge in [0.2, 0.25) is 0 Å². The molecule has 0 aromatic heterocycles. The first-order valence-electron chi connectivity index (χ1n) is 5.35. The van der Waals surface area contributed by atoms with Crippen molar-refractivity contribution in [3.63, 3.8) is 0 Å². The van der Waals surface area contributed by atoms with Crippen LogP contribution in [0.2, 0.25) is 5.02 Å². The molecule has 0 saturated carbocycles. The summed E-state index contributed by atoms with van der Waals surface area (Å²) in [6.45, 7) is 2.14. The summed E-state index contributed by atoms with van der Waals surface area (Å²) in [6, 6.07) is 5.88. The van der Waals surface area contributed by atoms with E-state index >= 15 is 0 Å². The highest BCUT2D eigenvalue weighted by Crippen LogP contribution is 2.32. The molecule has 1 fully saturated rings. The van der Waals surface area contributed by atoms with Gasteiger partial charge in [0.25, 0.3) is 0 Å². The zero-order valence-electron chi connectivity index (χ0n) is 8.92. The van der Waals surface area contributed by atoms with Crippen molar-refractivity contribution in [2.45, 2.75) is 18.8 Å². The Balaban J connectivity index is 2.24. The molecule has 2 nitrogen and oxygen atoms in total. The van der Waals surface area contributed by atoms with Crippen LogP contribution in [-0.4, -0.2) is 20.2 Å². The van der Waals surface area contributed by atoms with Gasteiger partial charge in [-0.25, -0.2) is 0 Å². The molecule has 1 saturated heterocycles.